The molecule has 2 heterocycles. The third-order valence-electron chi connectivity index (χ3n) is 4.95. The molecule has 0 aromatic rings. The van der Waals surface area contributed by atoms with E-state index in [4.69, 9.17) is 0 Å². The predicted octanol–water partition coefficient (Wildman–Crippen LogP) is 3.24. The average molecular weight is 309 g/mol. The normalized spacial score (nSPS) is 29.9. The van der Waals surface area contributed by atoms with Crippen molar-refractivity contribution in [1.82, 2.24) is 4.90 Å². The van der Waals surface area contributed by atoms with E-state index in [-0.39, 0.29) is 29.5 Å². The van der Waals surface area contributed by atoms with Crippen molar-refractivity contribution in [1.29, 1.82) is 0 Å². The molecule has 2 atom stereocenters. The fourth-order valence-corrected chi connectivity index (χ4v) is 5.46. The van der Waals surface area contributed by atoms with Crippen molar-refractivity contribution in [3.05, 3.63) is 10.6 Å². The maximum Gasteiger partial charge on any atom is 0.353 e. The van der Waals surface area contributed by atoms with Gasteiger partial charge in [0.1, 0.15) is 5.70 Å². The molecule has 3 aliphatic rings. The van der Waals surface area contributed by atoms with Crippen LogP contribution in [0.4, 0.5) is 0 Å². The summed E-state index contributed by atoms with van der Waals surface area (Å²) in [7, 11) is 0. The molecule has 1 N–H and O–H groups in total. The number of fused-ring (bicyclic) bond motifs is 1. The van der Waals surface area contributed by atoms with Crippen LogP contribution in [0.1, 0.15) is 52.4 Å². The number of carboxylic acid groups (broad SMARTS) is 1. The van der Waals surface area contributed by atoms with Crippen LogP contribution in [0.15, 0.2) is 10.6 Å². The van der Waals surface area contributed by atoms with Crippen LogP contribution < -0.4 is 0 Å². The Morgan fingerprint density at radius 2 is 1.95 bits per heavy atom. The lowest BCUT2D eigenvalue weighted by Crippen LogP contribution is -2.60. The van der Waals surface area contributed by atoms with E-state index in [9.17, 15) is 14.7 Å². The highest BCUT2D eigenvalue weighted by molar-refractivity contribution is 8.03. The number of β-lactam (4-membered cyclic amide) rings is 1. The zero-order valence-corrected chi connectivity index (χ0v) is 13.5. The third-order valence-corrected chi connectivity index (χ3v) is 6.40. The predicted molar refractivity (Wildman–Crippen MR) is 82.7 cm³/mol. The van der Waals surface area contributed by atoms with Crippen molar-refractivity contribution >= 4 is 23.6 Å². The number of carbonyl (C=O) groups excluding carboxylic acids is 1. The van der Waals surface area contributed by atoms with E-state index in [1.165, 1.54) is 32.1 Å². The number of aliphatic carboxylic acids is 1. The summed E-state index contributed by atoms with van der Waals surface area (Å²) >= 11 is 1.73. The Balaban J connectivity index is 1.79. The highest BCUT2D eigenvalue weighted by Crippen LogP contribution is 2.50. The molecule has 21 heavy (non-hydrogen) atoms. The zero-order chi connectivity index (χ0) is 15.1. The minimum atomic E-state index is -0.939. The lowest BCUT2D eigenvalue weighted by molar-refractivity contribution is -0.157. The van der Waals surface area contributed by atoms with Gasteiger partial charge in [-0.1, -0.05) is 33.1 Å². The van der Waals surface area contributed by atoms with Crippen LogP contribution in [-0.4, -0.2) is 33.2 Å². The smallest absolute Gasteiger partial charge is 0.353 e. The molecule has 0 radical (unpaired) electrons. The molecule has 0 spiro atoms. The highest BCUT2D eigenvalue weighted by atomic mass is 32.2. The molecule has 116 valence electrons. The maximum absolute atomic E-state index is 12.3. The molecule has 1 saturated heterocycles. The van der Waals surface area contributed by atoms with Crippen molar-refractivity contribution in [2.45, 2.75) is 63.7 Å². The van der Waals surface area contributed by atoms with Gasteiger partial charge in [0.2, 0.25) is 5.91 Å². The SMILES string of the molecule is CC(C)C1C(=O)N2C(C(=O)O)=C(SC3CCCCC3)CC12. The van der Waals surface area contributed by atoms with E-state index in [1.807, 2.05) is 13.8 Å². The molecule has 1 amide bonds. The molecule has 1 aliphatic carbocycles. The molecular weight excluding hydrogens is 286 g/mol. The standard InChI is InChI=1S/C16H23NO3S/c1-9(2)13-11-8-12(21-10-6-4-3-5-7-10)14(16(19)20)17(11)15(13)18/h9-11,13H,3-8H2,1-2H3,(H,19,20). The minimum absolute atomic E-state index is 0.00352. The number of amides is 1. The average Bonchev–Trinajstić information content (AvgIpc) is 2.74. The molecule has 0 aromatic carbocycles. The molecule has 0 aromatic heterocycles. The molecule has 5 heteroatoms. The van der Waals surface area contributed by atoms with Crippen molar-refractivity contribution in [3.63, 3.8) is 0 Å². The van der Waals surface area contributed by atoms with Gasteiger partial charge in [-0.05, 0) is 18.8 Å². The van der Waals surface area contributed by atoms with Gasteiger partial charge < -0.3 is 10.0 Å². The summed E-state index contributed by atoms with van der Waals surface area (Å²) in [5.41, 5.74) is 0.275. The molecule has 1 saturated carbocycles. The first kappa shape index (κ1) is 14.9. The lowest BCUT2D eigenvalue weighted by atomic mass is 9.79. The van der Waals surface area contributed by atoms with Gasteiger partial charge >= 0.3 is 5.97 Å². The second-order valence-corrected chi connectivity index (χ2v) is 8.10. The van der Waals surface area contributed by atoms with E-state index in [0.29, 0.717) is 5.25 Å². The third kappa shape index (κ3) is 2.50. The van der Waals surface area contributed by atoms with Crippen LogP contribution >= 0.6 is 11.8 Å². The van der Waals surface area contributed by atoms with E-state index in [0.717, 1.165) is 11.3 Å². The summed E-state index contributed by atoms with van der Waals surface area (Å²) in [4.78, 5) is 26.4. The summed E-state index contributed by atoms with van der Waals surface area (Å²) in [6.45, 7) is 4.10. The minimum Gasteiger partial charge on any atom is -0.477 e. The van der Waals surface area contributed by atoms with Crippen LogP contribution in [0.2, 0.25) is 0 Å². The van der Waals surface area contributed by atoms with Crippen molar-refractivity contribution in [3.8, 4) is 0 Å². The first-order valence-corrected chi connectivity index (χ1v) is 8.85. The highest BCUT2D eigenvalue weighted by Gasteiger charge is 2.56. The van der Waals surface area contributed by atoms with Gasteiger partial charge in [0.15, 0.2) is 0 Å². The van der Waals surface area contributed by atoms with E-state index >= 15 is 0 Å². The number of carboxylic acids is 1. The van der Waals surface area contributed by atoms with Gasteiger partial charge in [-0.15, -0.1) is 11.8 Å². The van der Waals surface area contributed by atoms with Crippen LogP contribution in [0, 0.1) is 11.8 Å². The molecule has 0 bridgehead atoms. The number of thioether (sulfide) groups is 1. The Kier molecular flexibility index (Phi) is 4.04. The van der Waals surface area contributed by atoms with Gasteiger partial charge in [0.25, 0.3) is 0 Å². The molecule has 4 nitrogen and oxygen atoms in total. The summed E-state index contributed by atoms with van der Waals surface area (Å²) < 4.78 is 0. The topological polar surface area (TPSA) is 57.6 Å². The first-order valence-electron chi connectivity index (χ1n) is 7.97. The number of hydrogen-bond donors (Lipinski definition) is 1. The Bertz CT molecular complexity index is 494. The second-order valence-electron chi connectivity index (χ2n) is 6.70. The van der Waals surface area contributed by atoms with Gasteiger partial charge in [-0.3, -0.25) is 4.79 Å². The summed E-state index contributed by atoms with van der Waals surface area (Å²) in [6, 6.07) is 0.0923. The van der Waals surface area contributed by atoms with Gasteiger partial charge in [0, 0.05) is 16.6 Å². The van der Waals surface area contributed by atoms with Crippen LogP contribution in [0.5, 0.6) is 0 Å². The fourth-order valence-electron chi connectivity index (χ4n) is 3.92. The second kappa shape index (κ2) is 5.67. The Labute approximate surface area is 130 Å². The van der Waals surface area contributed by atoms with Crippen LogP contribution in [0.3, 0.4) is 0 Å². The van der Waals surface area contributed by atoms with Crippen molar-refractivity contribution < 1.29 is 14.7 Å². The molecule has 2 aliphatic heterocycles. The zero-order valence-electron chi connectivity index (χ0n) is 12.7. The van der Waals surface area contributed by atoms with Crippen molar-refractivity contribution in [2.24, 2.45) is 11.8 Å². The van der Waals surface area contributed by atoms with Gasteiger partial charge in [0.05, 0.1) is 12.0 Å². The Morgan fingerprint density at radius 3 is 2.52 bits per heavy atom. The monoisotopic (exact) mass is 309 g/mol. The molecular formula is C16H23NO3S. The number of hydrogen-bond acceptors (Lipinski definition) is 3. The maximum atomic E-state index is 12.3. The molecule has 2 fully saturated rings. The van der Waals surface area contributed by atoms with Crippen LogP contribution in [0.25, 0.3) is 0 Å². The van der Waals surface area contributed by atoms with E-state index < -0.39 is 5.97 Å². The summed E-state index contributed by atoms with van der Waals surface area (Å²) in [5.74, 6) is -0.644. The fraction of sp³-hybridized carbons (Fsp3) is 0.750. The largest absolute Gasteiger partial charge is 0.477 e. The van der Waals surface area contributed by atoms with Crippen LogP contribution in [-0.2, 0) is 9.59 Å². The summed E-state index contributed by atoms with van der Waals surface area (Å²) in [6.07, 6.45) is 6.88. The lowest BCUT2D eigenvalue weighted by Gasteiger charge is -2.45. The number of nitrogens with zero attached hydrogens (tertiary/aromatic N) is 1. The van der Waals surface area contributed by atoms with E-state index in [2.05, 4.69) is 0 Å². The molecule has 3 rings (SSSR count). The Hall–Kier alpha value is -0.970. The van der Waals surface area contributed by atoms with Gasteiger partial charge in [-0.25, -0.2) is 4.79 Å². The van der Waals surface area contributed by atoms with E-state index in [1.54, 1.807) is 16.7 Å². The number of rotatable bonds is 4. The number of carbonyl (C=O) groups is 2. The first-order chi connectivity index (χ1) is 10.0. The molecule has 2 unspecified atom stereocenters. The quantitative estimate of drug-likeness (QED) is 0.810. The van der Waals surface area contributed by atoms with Gasteiger partial charge in [-0.2, -0.15) is 0 Å². The van der Waals surface area contributed by atoms with Crippen molar-refractivity contribution in [2.75, 3.05) is 0 Å². The Morgan fingerprint density at radius 1 is 1.29 bits per heavy atom. The summed E-state index contributed by atoms with van der Waals surface area (Å²) in [5, 5.41) is 10.0.